The van der Waals surface area contributed by atoms with Gasteiger partial charge in [-0.15, -0.1) is 0 Å². The molecular weight excluding hydrogens is 279 g/mol. The Labute approximate surface area is 125 Å². The summed E-state index contributed by atoms with van der Waals surface area (Å²) in [6.07, 6.45) is 3.67. The Morgan fingerprint density at radius 2 is 1.79 bits per heavy atom. The molecule has 0 amide bonds. The fourth-order valence-electron chi connectivity index (χ4n) is 3.52. The Kier molecular flexibility index (Phi) is 5.13. The molecule has 4 heteroatoms. The third-order valence-electron chi connectivity index (χ3n) is 4.18. The average molecular weight is 301 g/mol. The fourth-order valence-corrected chi connectivity index (χ4v) is 3.95. The quantitative estimate of drug-likeness (QED) is 0.634. The van der Waals surface area contributed by atoms with E-state index in [0.29, 0.717) is 16.0 Å². The highest BCUT2D eigenvalue weighted by Crippen LogP contribution is 2.42. The van der Waals surface area contributed by atoms with Crippen molar-refractivity contribution in [3.63, 3.8) is 0 Å². The normalized spacial score (nSPS) is 29.2. The lowest BCUT2D eigenvalue weighted by molar-refractivity contribution is 0.177. The van der Waals surface area contributed by atoms with Crippen LogP contribution in [-0.2, 0) is 0 Å². The molecule has 3 atom stereocenters. The van der Waals surface area contributed by atoms with E-state index in [4.69, 9.17) is 29.0 Å². The molecule has 1 fully saturated rings. The van der Waals surface area contributed by atoms with E-state index < -0.39 is 0 Å². The first-order chi connectivity index (χ1) is 9.02. The first-order valence-corrected chi connectivity index (χ1v) is 7.68. The first-order valence-electron chi connectivity index (χ1n) is 6.93. The number of hydrazine groups is 1. The molecule has 3 unspecified atom stereocenters. The zero-order chi connectivity index (χ0) is 14.0. The molecule has 0 spiro atoms. The number of halogens is 2. The number of benzene rings is 1. The van der Waals surface area contributed by atoms with Gasteiger partial charge in [0.2, 0.25) is 0 Å². The van der Waals surface area contributed by atoms with Gasteiger partial charge in [-0.25, -0.2) is 0 Å². The molecule has 0 saturated heterocycles. The second-order valence-corrected chi connectivity index (χ2v) is 6.75. The lowest BCUT2D eigenvalue weighted by atomic mass is 9.72. The van der Waals surface area contributed by atoms with E-state index in [-0.39, 0.29) is 6.04 Å². The smallest absolute Gasteiger partial charge is 0.0640 e. The van der Waals surface area contributed by atoms with E-state index in [9.17, 15) is 0 Å². The van der Waals surface area contributed by atoms with Crippen LogP contribution in [0.15, 0.2) is 18.2 Å². The van der Waals surface area contributed by atoms with Gasteiger partial charge in [0, 0.05) is 0 Å². The predicted octanol–water partition coefficient (Wildman–Crippen LogP) is 4.57. The van der Waals surface area contributed by atoms with Crippen LogP contribution in [0.3, 0.4) is 0 Å². The molecule has 106 valence electrons. The minimum Gasteiger partial charge on any atom is -0.271 e. The van der Waals surface area contributed by atoms with E-state index in [1.54, 1.807) is 0 Å². The van der Waals surface area contributed by atoms with E-state index in [2.05, 4.69) is 19.3 Å². The van der Waals surface area contributed by atoms with Crippen LogP contribution < -0.4 is 11.3 Å². The molecular formula is C15H22Cl2N2. The SMILES string of the molecule is CC1CC(C)CC(C(NN)c2cccc(Cl)c2Cl)C1. The molecule has 19 heavy (non-hydrogen) atoms. The van der Waals surface area contributed by atoms with Crippen molar-refractivity contribution in [1.82, 2.24) is 5.43 Å². The van der Waals surface area contributed by atoms with Gasteiger partial charge in [0.25, 0.3) is 0 Å². The highest BCUT2D eigenvalue weighted by molar-refractivity contribution is 6.42. The molecule has 1 aromatic carbocycles. The van der Waals surface area contributed by atoms with Gasteiger partial charge < -0.3 is 0 Å². The van der Waals surface area contributed by atoms with Gasteiger partial charge in [-0.05, 0) is 48.6 Å². The summed E-state index contributed by atoms with van der Waals surface area (Å²) in [5.41, 5.74) is 3.97. The predicted molar refractivity (Wildman–Crippen MR) is 82.2 cm³/mol. The zero-order valence-electron chi connectivity index (χ0n) is 11.5. The Morgan fingerprint density at radius 3 is 2.37 bits per heavy atom. The summed E-state index contributed by atoms with van der Waals surface area (Å²) in [5.74, 6) is 7.78. The molecule has 3 N–H and O–H groups in total. The minimum absolute atomic E-state index is 0.0800. The molecule has 1 aliphatic rings. The maximum absolute atomic E-state index is 6.33. The van der Waals surface area contributed by atoms with Crippen LogP contribution in [0.1, 0.15) is 44.7 Å². The molecule has 0 aliphatic heterocycles. The summed E-state index contributed by atoms with van der Waals surface area (Å²) in [6.45, 7) is 4.63. The van der Waals surface area contributed by atoms with Crippen molar-refractivity contribution >= 4 is 23.2 Å². The van der Waals surface area contributed by atoms with Gasteiger partial charge in [0.05, 0.1) is 16.1 Å². The van der Waals surface area contributed by atoms with Crippen LogP contribution in [-0.4, -0.2) is 0 Å². The minimum atomic E-state index is 0.0800. The lowest BCUT2D eigenvalue weighted by Gasteiger charge is -2.36. The Morgan fingerprint density at radius 1 is 1.16 bits per heavy atom. The summed E-state index contributed by atoms with van der Waals surface area (Å²) >= 11 is 12.4. The third-order valence-corrected chi connectivity index (χ3v) is 5.02. The molecule has 0 bridgehead atoms. The monoisotopic (exact) mass is 300 g/mol. The second kappa shape index (κ2) is 6.45. The second-order valence-electron chi connectivity index (χ2n) is 5.96. The van der Waals surface area contributed by atoms with Crippen LogP contribution >= 0.6 is 23.2 Å². The van der Waals surface area contributed by atoms with Crippen molar-refractivity contribution in [2.45, 2.75) is 39.2 Å². The van der Waals surface area contributed by atoms with Gasteiger partial charge in [-0.3, -0.25) is 11.3 Å². The van der Waals surface area contributed by atoms with Crippen molar-refractivity contribution in [2.75, 3.05) is 0 Å². The Bertz CT molecular complexity index is 426. The third kappa shape index (κ3) is 3.43. The zero-order valence-corrected chi connectivity index (χ0v) is 13.0. The van der Waals surface area contributed by atoms with E-state index in [0.717, 1.165) is 17.4 Å². The molecule has 0 radical (unpaired) electrons. The number of hydrogen-bond acceptors (Lipinski definition) is 2. The number of nitrogens with one attached hydrogen (secondary N) is 1. The highest BCUT2D eigenvalue weighted by Gasteiger charge is 2.31. The fraction of sp³-hybridized carbons (Fsp3) is 0.600. The van der Waals surface area contributed by atoms with Crippen LogP contribution in [0.4, 0.5) is 0 Å². The molecule has 2 nitrogen and oxygen atoms in total. The molecule has 0 heterocycles. The highest BCUT2D eigenvalue weighted by atomic mass is 35.5. The lowest BCUT2D eigenvalue weighted by Crippen LogP contribution is -2.37. The molecule has 1 saturated carbocycles. The molecule has 2 rings (SSSR count). The van der Waals surface area contributed by atoms with Crippen molar-refractivity contribution in [3.05, 3.63) is 33.8 Å². The van der Waals surface area contributed by atoms with Crippen LogP contribution in [0, 0.1) is 17.8 Å². The van der Waals surface area contributed by atoms with Gasteiger partial charge in [0.15, 0.2) is 0 Å². The van der Waals surface area contributed by atoms with Crippen molar-refractivity contribution < 1.29 is 0 Å². The number of nitrogens with two attached hydrogens (primary N) is 1. The molecule has 1 aromatic rings. The van der Waals surface area contributed by atoms with Gasteiger partial charge in [0.1, 0.15) is 0 Å². The standard InChI is InChI=1S/C15H22Cl2N2/c1-9-6-10(2)8-11(7-9)15(19-18)12-4-3-5-13(16)14(12)17/h3-5,9-11,15,19H,6-8,18H2,1-2H3. The topological polar surface area (TPSA) is 38.0 Å². The van der Waals surface area contributed by atoms with E-state index in [1.807, 2.05) is 18.2 Å². The van der Waals surface area contributed by atoms with Crippen LogP contribution in [0.25, 0.3) is 0 Å². The molecule has 0 aromatic heterocycles. The summed E-state index contributed by atoms with van der Waals surface area (Å²) in [7, 11) is 0. The summed E-state index contributed by atoms with van der Waals surface area (Å²) in [4.78, 5) is 0. The summed E-state index contributed by atoms with van der Waals surface area (Å²) in [5, 5.41) is 1.22. The van der Waals surface area contributed by atoms with Crippen LogP contribution in [0.5, 0.6) is 0 Å². The maximum Gasteiger partial charge on any atom is 0.0640 e. The maximum atomic E-state index is 6.33. The summed E-state index contributed by atoms with van der Waals surface area (Å²) in [6, 6.07) is 5.84. The number of rotatable bonds is 3. The van der Waals surface area contributed by atoms with Crippen molar-refractivity contribution in [3.8, 4) is 0 Å². The van der Waals surface area contributed by atoms with Crippen molar-refractivity contribution in [2.24, 2.45) is 23.6 Å². The molecule has 1 aliphatic carbocycles. The Hall–Kier alpha value is -0.280. The van der Waals surface area contributed by atoms with E-state index >= 15 is 0 Å². The first kappa shape index (κ1) is 15.1. The summed E-state index contributed by atoms with van der Waals surface area (Å²) < 4.78 is 0. The van der Waals surface area contributed by atoms with Gasteiger partial charge in [-0.1, -0.05) is 49.2 Å². The van der Waals surface area contributed by atoms with Crippen LogP contribution in [0.2, 0.25) is 10.0 Å². The van der Waals surface area contributed by atoms with E-state index in [1.165, 1.54) is 19.3 Å². The Balaban J connectivity index is 2.26. The van der Waals surface area contributed by atoms with Crippen molar-refractivity contribution in [1.29, 1.82) is 0 Å². The van der Waals surface area contributed by atoms with Gasteiger partial charge in [-0.2, -0.15) is 0 Å². The average Bonchev–Trinajstić information content (AvgIpc) is 2.34. The largest absolute Gasteiger partial charge is 0.271 e. The van der Waals surface area contributed by atoms with Gasteiger partial charge >= 0.3 is 0 Å². The number of hydrogen-bond donors (Lipinski definition) is 2.